The van der Waals surface area contributed by atoms with Gasteiger partial charge < -0.3 is 10.1 Å². The van der Waals surface area contributed by atoms with Gasteiger partial charge in [-0.05, 0) is 6.07 Å². The van der Waals surface area contributed by atoms with Gasteiger partial charge in [0.05, 0.1) is 35.8 Å². The Balaban J connectivity index is 1.75. The number of methoxy groups -OCH3 is 1. The third-order valence-corrected chi connectivity index (χ3v) is 3.93. The van der Waals surface area contributed by atoms with E-state index in [1.807, 2.05) is 30.3 Å². The summed E-state index contributed by atoms with van der Waals surface area (Å²) in [6.07, 6.45) is 1.30. The van der Waals surface area contributed by atoms with Crippen molar-refractivity contribution in [2.75, 3.05) is 12.4 Å². The summed E-state index contributed by atoms with van der Waals surface area (Å²) in [7, 11) is 1.34. The zero-order valence-electron chi connectivity index (χ0n) is 14.9. The lowest BCUT2D eigenvalue weighted by Crippen LogP contribution is -2.27. The maximum absolute atomic E-state index is 12.3. The molecule has 3 rings (SSSR count). The molecule has 0 radical (unpaired) electrons. The molecule has 0 aliphatic carbocycles. The van der Waals surface area contributed by atoms with Crippen LogP contribution in [0.4, 0.5) is 11.4 Å². The molecule has 0 spiro atoms. The van der Waals surface area contributed by atoms with Crippen molar-refractivity contribution in [3.8, 4) is 17.0 Å². The molecule has 3 aromatic rings. The van der Waals surface area contributed by atoms with Crippen molar-refractivity contribution in [2.24, 2.45) is 0 Å². The summed E-state index contributed by atoms with van der Waals surface area (Å²) >= 11 is 0. The highest BCUT2D eigenvalue weighted by atomic mass is 16.6. The SMILES string of the molecule is COc1cc([N+](=O)[O-])ccc1NC(=O)Cn1cnc(-c2ccccc2)cc1=O. The summed E-state index contributed by atoms with van der Waals surface area (Å²) in [4.78, 5) is 39.1. The Hall–Kier alpha value is -4.01. The molecule has 1 N–H and O–H groups in total. The van der Waals surface area contributed by atoms with Crippen LogP contribution in [-0.2, 0) is 11.3 Å². The molecule has 142 valence electrons. The van der Waals surface area contributed by atoms with Crippen LogP contribution >= 0.6 is 0 Å². The van der Waals surface area contributed by atoms with Gasteiger partial charge in [0.25, 0.3) is 11.2 Å². The maximum atomic E-state index is 12.3. The van der Waals surface area contributed by atoms with Crippen LogP contribution in [0.15, 0.2) is 65.7 Å². The predicted molar refractivity (Wildman–Crippen MR) is 102 cm³/mol. The molecule has 9 heteroatoms. The highest BCUT2D eigenvalue weighted by Crippen LogP contribution is 2.28. The first-order valence-corrected chi connectivity index (χ1v) is 8.22. The maximum Gasteiger partial charge on any atom is 0.273 e. The van der Waals surface area contributed by atoms with Gasteiger partial charge in [-0.3, -0.25) is 24.3 Å². The summed E-state index contributed by atoms with van der Waals surface area (Å²) in [6.45, 7) is -0.263. The Morgan fingerprint density at radius 1 is 1.21 bits per heavy atom. The summed E-state index contributed by atoms with van der Waals surface area (Å²) in [5.41, 5.74) is 1.04. The van der Waals surface area contributed by atoms with Gasteiger partial charge in [-0.2, -0.15) is 0 Å². The van der Waals surface area contributed by atoms with Crippen molar-refractivity contribution in [1.82, 2.24) is 9.55 Å². The highest BCUT2D eigenvalue weighted by molar-refractivity contribution is 5.92. The number of hydrogen-bond acceptors (Lipinski definition) is 6. The van der Waals surface area contributed by atoms with E-state index in [1.165, 1.54) is 42.3 Å². The zero-order valence-corrected chi connectivity index (χ0v) is 14.9. The highest BCUT2D eigenvalue weighted by Gasteiger charge is 2.14. The van der Waals surface area contributed by atoms with E-state index in [2.05, 4.69) is 10.3 Å². The van der Waals surface area contributed by atoms with E-state index in [0.717, 1.165) is 5.56 Å². The molecular weight excluding hydrogens is 364 g/mol. The second-order valence-electron chi connectivity index (χ2n) is 5.80. The molecule has 0 aliphatic heterocycles. The number of nitrogens with one attached hydrogen (secondary N) is 1. The van der Waals surface area contributed by atoms with Gasteiger partial charge in [-0.1, -0.05) is 30.3 Å². The van der Waals surface area contributed by atoms with E-state index >= 15 is 0 Å². The monoisotopic (exact) mass is 380 g/mol. The fraction of sp³-hybridized carbons (Fsp3) is 0.105. The van der Waals surface area contributed by atoms with Crippen molar-refractivity contribution in [3.05, 3.63) is 81.4 Å². The first kappa shape index (κ1) is 18.8. The molecular formula is C19H16N4O5. The standard InChI is InChI=1S/C19H16N4O5/c1-28-17-9-14(23(26)27)7-8-15(17)21-18(24)11-22-12-20-16(10-19(22)25)13-5-3-2-4-6-13/h2-10,12H,11H2,1H3,(H,21,24). The molecule has 1 heterocycles. The van der Waals surface area contributed by atoms with Crippen molar-refractivity contribution in [3.63, 3.8) is 0 Å². The van der Waals surface area contributed by atoms with E-state index in [9.17, 15) is 19.7 Å². The number of carbonyl (C=O) groups excluding carboxylic acids is 1. The minimum absolute atomic E-state index is 0.146. The second-order valence-corrected chi connectivity index (χ2v) is 5.80. The lowest BCUT2D eigenvalue weighted by molar-refractivity contribution is -0.384. The van der Waals surface area contributed by atoms with Crippen LogP contribution in [-0.4, -0.2) is 27.5 Å². The largest absolute Gasteiger partial charge is 0.494 e. The number of hydrogen-bond donors (Lipinski definition) is 1. The Labute approximate surface area is 159 Å². The smallest absolute Gasteiger partial charge is 0.273 e. The van der Waals surface area contributed by atoms with E-state index in [1.54, 1.807) is 0 Å². The Bertz CT molecular complexity index is 1080. The number of anilines is 1. The van der Waals surface area contributed by atoms with E-state index in [0.29, 0.717) is 5.69 Å². The van der Waals surface area contributed by atoms with Crippen LogP contribution in [0.2, 0.25) is 0 Å². The molecule has 2 aromatic carbocycles. The number of carbonyl (C=O) groups is 1. The van der Waals surface area contributed by atoms with Crippen molar-refractivity contribution in [1.29, 1.82) is 0 Å². The van der Waals surface area contributed by atoms with Gasteiger partial charge in [0.2, 0.25) is 5.91 Å². The summed E-state index contributed by atoms with van der Waals surface area (Å²) in [5.74, 6) is -0.351. The van der Waals surface area contributed by atoms with Crippen LogP contribution < -0.4 is 15.6 Å². The molecule has 0 fully saturated rings. The van der Waals surface area contributed by atoms with Gasteiger partial charge in [-0.15, -0.1) is 0 Å². The van der Waals surface area contributed by atoms with E-state index < -0.39 is 10.8 Å². The minimum atomic E-state index is -0.562. The van der Waals surface area contributed by atoms with Crippen molar-refractivity contribution >= 4 is 17.3 Å². The van der Waals surface area contributed by atoms with Crippen LogP contribution in [0.1, 0.15) is 0 Å². The number of nitro groups is 1. The van der Waals surface area contributed by atoms with Gasteiger partial charge in [0, 0.05) is 17.7 Å². The quantitative estimate of drug-likeness (QED) is 0.519. The normalized spacial score (nSPS) is 10.3. The lowest BCUT2D eigenvalue weighted by Gasteiger charge is -2.11. The summed E-state index contributed by atoms with van der Waals surface area (Å²) in [6, 6.07) is 14.4. The number of nitro benzene ring substituents is 1. The number of ether oxygens (including phenoxy) is 1. The van der Waals surface area contributed by atoms with Gasteiger partial charge in [-0.25, -0.2) is 4.98 Å². The van der Waals surface area contributed by atoms with E-state index in [-0.39, 0.29) is 29.2 Å². The number of nitrogens with zero attached hydrogens (tertiary/aromatic N) is 3. The summed E-state index contributed by atoms with van der Waals surface area (Å²) in [5, 5.41) is 13.4. The molecule has 28 heavy (non-hydrogen) atoms. The second kappa shape index (κ2) is 8.12. The molecule has 0 bridgehead atoms. The topological polar surface area (TPSA) is 116 Å². The minimum Gasteiger partial charge on any atom is -0.494 e. The first-order chi connectivity index (χ1) is 13.5. The molecule has 0 saturated carbocycles. The zero-order chi connectivity index (χ0) is 20.1. The lowest BCUT2D eigenvalue weighted by atomic mass is 10.1. The Kier molecular flexibility index (Phi) is 5.45. The number of benzene rings is 2. The van der Waals surface area contributed by atoms with Crippen molar-refractivity contribution in [2.45, 2.75) is 6.54 Å². The number of amides is 1. The number of rotatable bonds is 6. The van der Waals surface area contributed by atoms with Gasteiger partial charge >= 0.3 is 0 Å². The van der Waals surface area contributed by atoms with E-state index in [4.69, 9.17) is 4.74 Å². The van der Waals surface area contributed by atoms with Gasteiger partial charge in [0.15, 0.2) is 0 Å². The average Bonchev–Trinajstić information content (AvgIpc) is 2.70. The van der Waals surface area contributed by atoms with Gasteiger partial charge in [0.1, 0.15) is 12.3 Å². The third-order valence-electron chi connectivity index (χ3n) is 3.93. The molecule has 1 amide bonds. The Morgan fingerprint density at radius 3 is 2.61 bits per heavy atom. The van der Waals surface area contributed by atoms with Crippen LogP contribution in [0, 0.1) is 10.1 Å². The van der Waals surface area contributed by atoms with Crippen molar-refractivity contribution < 1.29 is 14.5 Å². The Morgan fingerprint density at radius 2 is 1.96 bits per heavy atom. The molecule has 1 aromatic heterocycles. The molecule has 0 atom stereocenters. The number of aromatic nitrogens is 2. The molecule has 9 nitrogen and oxygen atoms in total. The fourth-order valence-electron chi connectivity index (χ4n) is 2.55. The molecule has 0 unspecified atom stereocenters. The molecule has 0 aliphatic rings. The average molecular weight is 380 g/mol. The number of non-ortho nitro benzene ring substituents is 1. The third kappa shape index (κ3) is 4.21. The van der Waals surface area contributed by atoms with Crippen LogP contribution in [0.25, 0.3) is 11.3 Å². The summed E-state index contributed by atoms with van der Waals surface area (Å²) < 4.78 is 6.24. The van der Waals surface area contributed by atoms with Crippen LogP contribution in [0.3, 0.4) is 0 Å². The molecule has 0 saturated heterocycles. The first-order valence-electron chi connectivity index (χ1n) is 8.22. The predicted octanol–water partition coefficient (Wildman–Crippen LogP) is 2.47. The fourth-order valence-corrected chi connectivity index (χ4v) is 2.55. The van der Waals surface area contributed by atoms with Crippen LogP contribution in [0.5, 0.6) is 5.75 Å².